The summed E-state index contributed by atoms with van der Waals surface area (Å²) in [5.41, 5.74) is 3.39. The molecule has 0 amide bonds. The van der Waals surface area contributed by atoms with Crippen LogP contribution in [0.3, 0.4) is 0 Å². The zero-order valence-corrected chi connectivity index (χ0v) is 18.4. The predicted octanol–water partition coefficient (Wildman–Crippen LogP) is 4.56. The molecule has 1 fully saturated rings. The number of guanidine groups is 1. The molecular formula is C24H33N3O3. The van der Waals surface area contributed by atoms with E-state index in [-0.39, 0.29) is 6.10 Å². The first-order valence-corrected chi connectivity index (χ1v) is 10.6. The molecule has 6 heteroatoms. The summed E-state index contributed by atoms with van der Waals surface area (Å²) in [6, 6.07) is 14.4. The van der Waals surface area contributed by atoms with E-state index in [0.717, 1.165) is 43.4 Å². The summed E-state index contributed by atoms with van der Waals surface area (Å²) >= 11 is 0. The Hall–Kier alpha value is -2.73. The number of aryl methyl sites for hydroxylation is 1. The molecule has 1 heterocycles. The topological polar surface area (TPSA) is 64.1 Å². The number of hydrogen-bond acceptors (Lipinski definition) is 4. The number of methoxy groups -OCH3 is 1. The minimum absolute atomic E-state index is 0.107. The second kappa shape index (κ2) is 10.9. The fraction of sp³-hybridized carbons (Fsp3) is 0.458. The molecule has 0 spiro atoms. The molecule has 2 N–H and O–H groups in total. The van der Waals surface area contributed by atoms with E-state index < -0.39 is 0 Å². The van der Waals surface area contributed by atoms with E-state index in [1.807, 2.05) is 25.1 Å². The van der Waals surface area contributed by atoms with E-state index in [1.54, 1.807) is 14.2 Å². The van der Waals surface area contributed by atoms with Crippen molar-refractivity contribution in [3.63, 3.8) is 0 Å². The molecule has 6 nitrogen and oxygen atoms in total. The SMILES string of the molecule is CCOc1ccc(NC(=NC)NCC2CCCOC2c2ccc(C)cc2)cc1OC. The van der Waals surface area contributed by atoms with Crippen LogP contribution in [0, 0.1) is 12.8 Å². The first-order valence-electron chi connectivity index (χ1n) is 10.6. The van der Waals surface area contributed by atoms with Crippen molar-refractivity contribution in [1.29, 1.82) is 0 Å². The maximum Gasteiger partial charge on any atom is 0.195 e. The number of anilines is 1. The van der Waals surface area contributed by atoms with Crippen molar-refractivity contribution < 1.29 is 14.2 Å². The van der Waals surface area contributed by atoms with E-state index in [2.05, 4.69) is 46.8 Å². The zero-order chi connectivity index (χ0) is 21.3. The molecular weight excluding hydrogens is 378 g/mol. The fourth-order valence-corrected chi connectivity index (χ4v) is 3.74. The zero-order valence-electron chi connectivity index (χ0n) is 18.4. The van der Waals surface area contributed by atoms with Crippen molar-refractivity contribution in [3.8, 4) is 11.5 Å². The summed E-state index contributed by atoms with van der Waals surface area (Å²) in [6.45, 7) is 6.25. The van der Waals surface area contributed by atoms with Gasteiger partial charge >= 0.3 is 0 Å². The summed E-state index contributed by atoms with van der Waals surface area (Å²) in [5, 5.41) is 6.80. The number of ether oxygens (including phenoxy) is 3. The lowest BCUT2D eigenvalue weighted by Gasteiger charge is -2.32. The molecule has 0 saturated carbocycles. The quantitative estimate of drug-likeness (QED) is 0.517. The van der Waals surface area contributed by atoms with Crippen molar-refractivity contribution in [3.05, 3.63) is 53.6 Å². The maximum atomic E-state index is 6.14. The monoisotopic (exact) mass is 411 g/mol. The summed E-state index contributed by atoms with van der Waals surface area (Å²) in [6.07, 6.45) is 2.31. The van der Waals surface area contributed by atoms with E-state index in [1.165, 1.54) is 11.1 Å². The average Bonchev–Trinajstić information content (AvgIpc) is 2.78. The number of aliphatic imine (C=N–C) groups is 1. The van der Waals surface area contributed by atoms with Crippen molar-refractivity contribution in [2.75, 3.05) is 39.2 Å². The van der Waals surface area contributed by atoms with Crippen LogP contribution in [-0.4, -0.2) is 39.9 Å². The van der Waals surface area contributed by atoms with Crippen molar-refractivity contribution >= 4 is 11.6 Å². The Kier molecular flexibility index (Phi) is 7.97. The minimum Gasteiger partial charge on any atom is -0.493 e. The van der Waals surface area contributed by atoms with Crippen LogP contribution in [0.1, 0.15) is 37.0 Å². The third-order valence-electron chi connectivity index (χ3n) is 5.33. The molecule has 2 unspecified atom stereocenters. The molecule has 30 heavy (non-hydrogen) atoms. The predicted molar refractivity (Wildman–Crippen MR) is 122 cm³/mol. The highest BCUT2D eigenvalue weighted by Gasteiger charge is 2.27. The lowest BCUT2D eigenvalue weighted by Crippen LogP contribution is -2.38. The van der Waals surface area contributed by atoms with Crippen LogP contribution in [0.4, 0.5) is 5.69 Å². The van der Waals surface area contributed by atoms with Crippen molar-refractivity contribution in [1.82, 2.24) is 5.32 Å². The number of nitrogens with zero attached hydrogens (tertiary/aromatic N) is 1. The highest BCUT2D eigenvalue weighted by Crippen LogP contribution is 2.33. The number of hydrogen-bond donors (Lipinski definition) is 2. The molecule has 3 rings (SSSR count). The Bertz CT molecular complexity index is 836. The number of nitrogens with one attached hydrogen (secondary N) is 2. The summed E-state index contributed by atoms with van der Waals surface area (Å²) in [7, 11) is 3.42. The van der Waals surface area contributed by atoms with Gasteiger partial charge in [0.1, 0.15) is 0 Å². The van der Waals surface area contributed by atoms with Gasteiger partial charge in [0.25, 0.3) is 0 Å². The van der Waals surface area contributed by atoms with Gasteiger partial charge in [-0.25, -0.2) is 0 Å². The second-order valence-corrected chi connectivity index (χ2v) is 7.48. The average molecular weight is 412 g/mol. The van der Waals surface area contributed by atoms with Crippen LogP contribution in [0.15, 0.2) is 47.5 Å². The Labute approximate surface area is 179 Å². The van der Waals surface area contributed by atoms with Gasteiger partial charge in [0, 0.05) is 37.9 Å². The largest absolute Gasteiger partial charge is 0.493 e. The molecule has 162 valence electrons. The summed E-state index contributed by atoms with van der Waals surface area (Å²) in [5.74, 6) is 2.52. The van der Waals surface area contributed by atoms with Gasteiger partial charge in [-0.1, -0.05) is 29.8 Å². The van der Waals surface area contributed by atoms with Gasteiger partial charge in [0.05, 0.1) is 19.8 Å². The smallest absolute Gasteiger partial charge is 0.195 e. The number of benzene rings is 2. The van der Waals surface area contributed by atoms with Crippen LogP contribution >= 0.6 is 0 Å². The molecule has 2 aromatic rings. The molecule has 1 aliphatic heterocycles. The van der Waals surface area contributed by atoms with Crippen LogP contribution < -0.4 is 20.1 Å². The first kappa shape index (κ1) is 22.0. The normalized spacial score (nSPS) is 19.3. The fourth-order valence-electron chi connectivity index (χ4n) is 3.74. The molecule has 2 atom stereocenters. The molecule has 1 aliphatic rings. The van der Waals surface area contributed by atoms with Crippen LogP contribution in [0.5, 0.6) is 11.5 Å². The van der Waals surface area contributed by atoms with E-state index in [9.17, 15) is 0 Å². The van der Waals surface area contributed by atoms with Crippen molar-refractivity contribution in [2.45, 2.75) is 32.8 Å². The van der Waals surface area contributed by atoms with E-state index in [0.29, 0.717) is 18.3 Å². The first-order chi connectivity index (χ1) is 14.6. The molecule has 2 aromatic carbocycles. The van der Waals surface area contributed by atoms with Crippen LogP contribution in [0.25, 0.3) is 0 Å². The van der Waals surface area contributed by atoms with Gasteiger partial charge in [-0.2, -0.15) is 0 Å². The molecule has 0 radical (unpaired) electrons. The van der Waals surface area contributed by atoms with Gasteiger partial charge < -0.3 is 24.8 Å². The molecule has 0 aliphatic carbocycles. The summed E-state index contributed by atoms with van der Waals surface area (Å²) < 4.78 is 17.2. The summed E-state index contributed by atoms with van der Waals surface area (Å²) in [4.78, 5) is 4.37. The van der Waals surface area contributed by atoms with Gasteiger partial charge in [0.2, 0.25) is 0 Å². The second-order valence-electron chi connectivity index (χ2n) is 7.48. The molecule has 1 saturated heterocycles. The Morgan fingerprint density at radius 2 is 1.97 bits per heavy atom. The van der Waals surface area contributed by atoms with Crippen LogP contribution in [-0.2, 0) is 4.74 Å². The third kappa shape index (κ3) is 5.66. The van der Waals surface area contributed by atoms with Gasteiger partial charge in [-0.05, 0) is 44.4 Å². The van der Waals surface area contributed by atoms with Gasteiger partial charge in [-0.15, -0.1) is 0 Å². The van der Waals surface area contributed by atoms with Gasteiger partial charge in [0.15, 0.2) is 17.5 Å². The van der Waals surface area contributed by atoms with Crippen LogP contribution in [0.2, 0.25) is 0 Å². The van der Waals surface area contributed by atoms with E-state index in [4.69, 9.17) is 14.2 Å². The lowest BCUT2D eigenvalue weighted by atomic mass is 9.89. The van der Waals surface area contributed by atoms with Gasteiger partial charge in [-0.3, -0.25) is 4.99 Å². The Morgan fingerprint density at radius 1 is 1.17 bits per heavy atom. The minimum atomic E-state index is 0.107. The Morgan fingerprint density at radius 3 is 2.67 bits per heavy atom. The number of rotatable bonds is 7. The third-order valence-corrected chi connectivity index (χ3v) is 5.33. The maximum absolute atomic E-state index is 6.14. The molecule has 0 bridgehead atoms. The standard InChI is InChI=1S/C24H33N3O3/c1-5-29-21-13-12-20(15-22(21)28-4)27-24(25-3)26-16-19-7-6-14-30-23(19)18-10-8-17(2)9-11-18/h8-13,15,19,23H,5-7,14,16H2,1-4H3,(H2,25,26,27). The van der Waals surface area contributed by atoms with Crippen molar-refractivity contribution in [2.24, 2.45) is 10.9 Å². The lowest BCUT2D eigenvalue weighted by molar-refractivity contribution is -0.0264. The Balaban J connectivity index is 1.63. The van der Waals surface area contributed by atoms with E-state index >= 15 is 0 Å². The molecule has 0 aromatic heterocycles. The highest BCUT2D eigenvalue weighted by atomic mass is 16.5. The highest BCUT2D eigenvalue weighted by molar-refractivity contribution is 5.93.